The Bertz CT molecular complexity index is 1060. The van der Waals surface area contributed by atoms with Crippen molar-refractivity contribution in [1.82, 2.24) is 4.90 Å². The van der Waals surface area contributed by atoms with E-state index in [4.69, 9.17) is 14.6 Å². The van der Waals surface area contributed by atoms with Crippen LogP contribution < -0.4 is 9.80 Å². The number of rotatable bonds is 15. The van der Waals surface area contributed by atoms with Gasteiger partial charge in [0.2, 0.25) is 5.91 Å². The SMILES string of the molecule is C=CCN(C(=O)[C@H]1N(CCCCCCO)C(=O)[C@@H]2[C@@H](C(=O)OCC)[C@H]3CC[C@]21O3)c1ccc(N(CC)CC)cc1. The molecule has 1 aromatic rings. The number of esters is 1. The molecule has 5 atom stereocenters. The van der Waals surface area contributed by atoms with E-state index in [2.05, 4.69) is 25.3 Å². The molecule has 3 aliphatic rings. The summed E-state index contributed by atoms with van der Waals surface area (Å²) in [5, 5.41) is 9.15. The van der Waals surface area contributed by atoms with E-state index in [9.17, 15) is 14.4 Å². The second kappa shape index (κ2) is 13.2. The zero-order valence-electron chi connectivity index (χ0n) is 24.2. The predicted molar refractivity (Wildman–Crippen MR) is 154 cm³/mol. The summed E-state index contributed by atoms with van der Waals surface area (Å²) in [5.74, 6) is -2.26. The van der Waals surface area contributed by atoms with Crippen LogP contribution in [0.3, 0.4) is 0 Å². The van der Waals surface area contributed by atoms with Crippen LogP contribution in [0.5, 0.6) is 0 Å². The lowest BCUT2D eigenvalue weighted by Gasteiger charge is -2.37. The van der Waals surface area contributed by atoms with Crippen molar-refractivity contribution in [3.63, 3.8) is 0 Å². The first-order valence-corrected chi connectivity index (χ1v) is 14.9. The van der Waals surface area contributed by atoms with Gasteiger partial charge in [-0.1, -0.05) is 18.9 Å². The van der Waals surface area contributed by atoms with Gasteiger partial charge in [0.25, 0.3) is 5.91 Å². The number of amides is 2. The fourth-order valence-corrected chi connectivity index (χ4v) is 6.96. The van der Waals surface area contributed by atoms with E-state index in [0.717, 1.165) is 37.3 Å². The van der Waals surface area contributed by atoms with E-state index in [1.54, 1.807) is 22.8 Å². The number of likely N-dealkylation sites (tertiary alicyclic amines) is 1. The lowest BCUT2D eigenvalue weighted by molar-refractivity contribution is -0.154. The highest BCUT2D eigenvalue weighted by molar-refractivity contribution is 6.04. The molecule has 1 aromatic carbocycles. The number of hydrogen-bond acceptors (Lipinski definition) is 7. The Labute approximate surface area is 238 Å². The molecule has 1 spiro atoms. The molecule has 0 aliphatic carbocycles. The monoisotopic (exact) mass is 555 g/mol. The van der Waals surface area contributed by atoms with Crippen molar-refractivity contribution >= 4 is 29.2 Å². The summed E-state index contributed by atoms with van der Waals surface area (Å²) >= 11 is 0. The van der Waals surface area contributed by atoms with Gasteiger partial charge in [-0.3, -0.25) is 14.4 Å². The maximum absolute atomic E-state index is 14.5. The minimum absolute atomic E-state index is 0.134. The molecular formula is C31H45N3O6. The van der Waals surface area contributed by atoms with Crippen LogP contribution in [-0.4, -0.2) is 84.9 Å². The van der Waals surface area contributed by atoms with Crippen LogP contribution in [-0.2, 0) is 23.9 Å². The molecule has 220 valence electrons. The number of nitrogens with zero attached hydrogens (tertiary/aromatic N) is 3. The molecule has 40 heavy (non-hydrogen) atoms. The number of hydrogen-bond donors (Lipinski definition) is 1. The number of benzene rings is 1. The first kappa shape index (κ1) is 30.1. The van der Waals surface area contributed by atoms with Gasteiger partial charge in [-0.2, -0.15) is 0 Å². The second-order valence-corrected chi connectivity index (χ2v) is 10.9. The topological polar surface area (TPSA) is 99.6 Å². The summed E-state index contributed by atoms with van der Waals surface area (Å²) in [4.78, 5) is 47.2. The van der Waals surface area contributed by atoms with Gasteiger partial charge in [-0.05, 0) is 70.7 Å². The molecule has 0 unspecified atom stereocenters. The zero-order valence-corrected chi connectivity index (χ0v) is 24.2. The maximum atomic E-state index is 14.5. The third-order valence-corrected chi connectivity index (χ3v) is 8.77. The first-order chi connectivity index (χ1) is 19.4. The Morgan fingerprint density at radius 2 is 1.80 bits per heavy atom. The van der Waals surface area contributed by atoms with Gasteiger partial charge >= 0.3 is 5.97 Å². The van der Waals surface area contributed by atoms with Gasteiger partial charge in [-0.15, -0.1) is 6.58 Å². The molecule has 3 saturated heterocycles. The summed E-state index contributed by atoms with van der Waals surface area (Å²) in [6.45, 7) is 12.7. The van der Waals surface area contributed by atoms with Crippen molar-refractivity contribution in [2.45, 2.75) is 77.0 Å². The Balaban J connectivity index is 1.68. The molecule has 1 N–H and O–H groups in total. The van der Waals surface area contributed by atoms with Crippen LogP contribution in [0.25, 0.3) is 0 Å². The molecule has 0 aromatic heterocycles. The number of aliphatic hydroxyl groups excluding tert-OH is 1. The van der Waals surface area contributed by atoms with E-state index < -0.39 is 35.6 Å². The number of anilines is 2. The highest BCUT2D eigenvalue weighted by atomic mass is 16.6. The zero-order chi connectivity index (χ0) is 28.9. The lowest BCUT2D eigenvalue weighted by atomic mass is 9.70. The van der Waals surface area contributed by atoms with Gasteiger partial charge in [0, 0.05) is 44.2 Å². The number of fused-ring (bicyclic) bond motifs is 1. The smallest absolute Gasteiger partial charge is 0.312 e. The summed E-state index contributed by atoms with van der Waals surface area (Å²) in [7, 11) is 0. The van der Waals surface area contributed by atoms with E-state index in [-0.39, 0.29) is 31.6 Å². The van der Waals surface area contributed by atoms with Crippen LogP contribution >= 0.6 is 0 Å². The standard InChI is InChI=1S/C31H45N3O6/c1-5-19-33(23-15-13-22(14-16-23)32(6-2)7-3)29(37)27-31-18-17-24(40-31)25(30(38)39-8-4)26(31)28(36)34(27)20-11-9-10-12-21-35/h5,13-16,24-27,35H,1,6-12,17-21H2,2-4H3/t24-,25+,26+,27-,31+/m1/s1. The molecule has 0 radical (unpaired) electrons. The average Bonchev–Trinajstić information content (AvgIpc) is 3.60. The molecule has 9 nitrogen and oxygen atoms in total. The quantitative estimate of drug-likeness (QED) is 0.201. The summed E-state index contributed by atoms with van der Waals surface area (Å²) in [5.41, 5.74) is 0.751. The summed E-state index contributed by atoms with van der Waals surface area (Å²) in [6, 6.07) is 7.07. The summed E-state index contributed by atoms with van der Waals surface area (Å²) < 4.78 is 11.9. The highest BCUT2D eigenvalue weighted by Crippen LogP contribution is 2.59. The second-order valence-electron chi connectivity index (χ2n) is 10.9. The van der Waals surface area contributed by atoms with Crippen molar-refractivity contribution in [2.24, 2.45) is 11.8 Å². The minimum Gasteiger partial charge on any atom is -0.466 e. The Hall–Kier alpha value is -2.91. The third-order valence-electron chi connectivity index (χ3n) is 8.77. The van der Waals surface area contributed by atoms with Crippen LogP contribution in [0.2, 0.25) is 0 Å². The maximum Gasteiger partial charge on any atom is 0.312 e. The number of ether oxygens (including phenoxy) is 2. The molecule has 0 saturated carbocycles. The normalized spacial score (nSPS) is 26.6. The Kier molecular flexibility index (Phi) is 9.90. The van der Waals surface area contributed by atoms with Gasteiger partial charge in [0.15, 0.2) is 0 Å². The first-order valence-electron chi connectivity index (χ1n) is 14.9. The number of carbonyl (C=O) groups excluding carboxylic acids is 3. The molecule has 3 heterocycles. The fourth-order valence-electron chi connectivity index (χ4n) is 6.96. The number of carbonyl (C=O) groups is 3. The number of aliphatic hydroxyl groups is 1. The molecule has 3 fully saturated rings. The highest BCUT2D eigenvalue weighted by Gasteiger charge is 2.75. The van der Waals surface area contributed by atoms with Crippen LogP contribution in [0.4, 0.5) is 11.4 Å². The third kappa shape index (κ3) is 5.38. The number of unbranched alkanes of at least 4 members (excludes halogenated alkanes) is 3. The van der Waals surface area contributed by atoms with Crippen LogP contribution in [0.15, 0.2) is 36.9 Å². The van der Waals surface area contributed by atoms with Crippen molar-refractivity contribution in [3.8, 4) is 0 Å². The Morgan fingerprint density at radius 3 is 2.42 bits per heavy atom. The molecule has 4 rings (SSSR count). The van der Waals surface area contributed by atoms with Crippen LogP contribution in [0.1, 0.15) is 59.3 Å². The predicted octanol–water partition coefficient (Wildman–Crippen LogP) is 3.54. The Morgan fingerprint density at radius 1 is 1.12 bits per heavy atom. The van der Waals surface area contributed by atoms with Crippen molar-refractivity contribution < 1.29 is 29.0 Å². The lowest BCUT2D eigenvalue weighted by Crippen LogP contribution is -2.56. The van der Waals surface area contributed by atoms with Crippen molar-refractivity contribution in [2.75, 3.05) is 49.2 Å². The largest absolute Gasteiger partial charge is 0.466 e. The van der Waals surface area contributed by atoms with E-state index >= 15 is 0 Å². The van der Waals surface area contributed by atoms with Crippen molar-refractivity contribution in [3.05, 3.63) is 36.9 Å². The van der Waals surface area contributed by atoms with E-state index in [0.29, 0.717) is 32.2 Å². The fraction of sp³-hybridized carbons (Fsp3) is 0.645. The van der Waals surface area contributed by atoms with Crippen LogP contribution in [0, 0.1) is 11.8 Å². The van der Waals surface area contributed by atoms with Gasteiger partial charge in [0.1, 0.15) is 11.6 Å². The molecular weight excluding hydrogens is 510 g/mol. The van der Waals surface area contributed by atoms with E-state index in [1.807, 2.05) is 24.3 Å². The minimum atomic E-state index is -1.05. The molecule has 9 heteroatoms. The molecule has 2 bridgehead atoms. The molecule has 3 aliphatic heterocycles. The van der Waals surface area contributed by atoms with Crippen molar-refractivity contribution in [1.29, 1.82) is 0 Å². The van der Waals surface area contributed by atoms with E-state index in [1.165, 1.54) is 0 Å². The van der Waals surface area contributed by atoms with Gasteiger partial charge in [0.05, 0.1) is 24.5 Å². The molecule has 2 amide bonds. The van der Waals surface area contributed by atoms with Gasteiger partial charge in [-0.25, -0.2) is 0 Å². The van der Waals surface area contributed by atoms with Gasteiger partial charge < -0.3 is 29.3 Å². The average molecular weight is 556 g/mol. The summed E-state index contributed by atoms with van der Waals surface area (Å²) in [6.07, 6.45) is 5.51.